The van der Waals surface area contributed by atoms with Gasteiger partial charge < -0.3 is 10.6 Å². The zero-order valence-electron chi connectivity index (χ0n) is 11.8. The third kappa shape index (κ3) is 12.4. The van der Waals surface area contributed by atoms with Crippen LogP contribution >= 0.6 is 0 Å². The van der Waals surface area contributed by atoms with E-state index in [9.17, 15) is 9.59 Å². The first kappa shape index (κ1) is 17.9. The summed E-state index contributed by atoms with van der Waals surface area (Å²) in [7, 11) is 1.56. The van der Waals surface area contributed by atoms with Crippen molar-refractivity contribution in [1.29, 1.82) is 0 Å². The van der Waals surface area contributed by atoms with Crippen molar-refractivity contribution in [1.82, 2.24) is 16.1 Å². The lowest BCUT2D eigenvalue weighted by Gasteiger charge is -2.03. The Balaban J connectivity index is 0.000000493. The zero-order valence-corrected chi connectivity index (χ0v) is 11.8. The lowest BCUT2D eigenvalue weighted by molar-refractivity contribution is -0.129. The highest BCUT2D eigenvalue weighted by molar-refractivity contribution is 5.74. The Morgan fingerprint density at radius 2 is 1.50 bits per heavy atom. The molecule has 1 rings (SSSR count). The first-order chi connectivity index (χ1) is 9.70. The summed E-state index contributed by atoms with van der Waals surface area (Å²) in [6.07, 6.45) is 2.70. The lowest BCUT2D eigenvalue weighted by Crippen LogP contribution is -2.33. The molecule has 1 aromatic rings. The van der Waals surface area contributed by atoms with Gasteiger partial charge in [0.2, 0.25) is 5.91 Å². The summed E-state index contributed by atoms with van der Waals surface area (Å²) in [6.45, 7) is 0.598. The number of urea groups is 1. The van der Waals surface area contributed by atoms with Gasteiger partial charge in [0.15, 0.2) is 0 Å². The van der Waals surface area contributed by atoms with Crippen molar-refractivity contribution in [3.8, 4) is 0 Å². The predicted octanol–water partition coefficient (Wildman–Crippen LogP) is 1.67. The molecule has 6 nitrogen and oxygen atoms in total. The van der Waals surface area contributed by atoms with Gasteiger partial charge in [0.05, 0.1) is 0 Å². The molecule has 0 unspecified atom stereocenters. The molecule has 0 aliphatic heterocycles. The second kappa shape index (κ2) is 13.4. The summed E-state index contributed by atoms with van der Waals surface area (Å²) in [5, 5.41) is 13.2. The van der Waals surface area contributed by atoms with Crippen molar-refractivity contribution in [2.24, 2.45) is 0 Å². The molecule has 20 heavy (non-hydrogen) atoms. The van der Waals surface area contributed by atoms with Gasteiger partial charge in [-0.2, -0.15) is 0 Å². The third-order valence-electron chi connectivity index (χ3n) is 2.38. The third-order valence-corrected chi connectivity index (χ3v) is 2.38. The van der Waals surface area contributed by atoms with E-state index in [4.69, 9.17) is 5.21 Å². The highest BCUT2D eigenvalue weighted by Gasteiger charge is 1.98. The highest BCUT2D eigenvalue weighted by atomic mass is 16.5. The summed E-state index contributed by atoms with van der Waals surface area (Å²) < 4.78 is 0. The number of hydroxylamine groups is 1. The maximum Gasteiger partial charge on any atom is 0.314 e. The fourth-order valence-electron chi connectivity index (χ4n) is 1.32. The number of amides is 3. The van der Waals surface area contributed by atoms with E-state index < -0.39 is 0 Å². The quantitative estimate of drug-likeness (QED) is 0.363. The van der Waals surface area contributed by atoms with Gasteiger partial charge >= 0.3 is 6.03 Å². The van der Waals surface area contributed by atoms with Gasteiger partial charge in [0.1, 0.15) is 0 Å². The Morgan fingerprint density at radius 3 is 1.95 bits per heavy atom. The number of carbonyl (C=O) groups is 2. The van der Waals surface area contributed by atoms with Crippen molar-refractivity contribution >= 4 is 11.9 Å². The van der Waals surface area contributed by atoms with E-state index in [0.717, 1.165) is 12.8 Å². The lowest BCUT2D eigenvalue weighted by atomic mass is 10.2. The maximum absolute atomic E-state index is 10.7. The average Bonchev–Trinajstić information content (AvgIpc) is 2.52. The molecule has 0 bridgehead atoms. The van der Waals surface area contributed by atoms with Crippen LogP contribution in [0.1, 0.15) is 25.7 Å². The number of carbonyl (C=O) groups excluding carboxylic acids is 2. The van der Waals surface area contributed by atoms with E-state index in [1.165, 1.54) is 0 Å². The number of benzene rings is 1. The molecule has 6 heteroatoms. The van der Waals surface area contributed by atoms with E-state index in [0.29, 0.717) is 19.4 Å². The van der Waals surface area contributed by atoms with E-state index in [-0.39, 0.29) is 11.9 Å². The number of hydrogen-bond donors (Lipinski definition) is 4. The van der Waals surface area contributed by atoms with Crippen LogP contribution in [0.3, 0.4) is 0 Å². The monoisotopic (exact) mass is 281 g/mol. The van der Waals surface area contributed by atoms with Crippen LogP contribution in [0.2, 0.25) is 0 Å². The van der Waals surface area contributed by atoms with E-state index in [1.54, 1.807) is 12.5 Å². The largest absolute Gasteiger partial charge is 0.341 e. The Kier molecular flexibility index (Phi) is 12.0. The van der Waals surface area contributed by atoms with Gasteiger partial charge in [-0.1, -0.05) is 42.8 Å². The highest BCUT2D eigenvalue weighted by Crippen LogP contribution is 1.98. The summed E-state index contributed by atoms with van der Waals surface area (Å²) in [4.78, 5) is 21.2. The molecular formula is C14H23N3O3. The van der Waals surface area contributed by atoms with Crippen molar-refractivity contribution in [2.75, 3.05) is 13.6 Å². The number of unbranched alkanes of at least 4 members (excludes halogenated alkanes) is 2. The van der Waals surface area contributed by atoms with Gasteiger partial charge in [0, 0.05) is 20.0 Å². The minimum Gasteiger partial charge on any atom is -0.341 e. The molecule has 0 aromatic heterocycles. The van der Waals surface area contributed by atoms with Gasteiger partial charge in [0.25, 0.3) is 0 Å². The molecule has 0 aliphatic rings. The van der Waals surface area contributed by atoms with Crippen molar-refractivity contribution in [3.63, 3.8) is 0 Å². The van der Waals surface area contributed by atoms with Crippen LogP contribution < -0.4 is 16.1 Å². The number of rotatable bonds is 6. The van der Waals surface area contributed by atoms with E-state index in [1.807, 2.05) is 36.4 Å². The zero-order chi connectivity index (χ0) is 15.1. The first-order valence-electron chi connectivity index (χ1n) is 6.59. The molecule has 3 amide bonds. The van der Waals surface area contributed by atoms with Crippen LogP contribution in [0, 0.1) is 0 Å². The fraction of sp³-hybridized carbons (Fsp3) is 0.429. The maximum atomic E-state index is 10.7. The number of nitrogens with one attached hydrogen (secondary N) is 3. The summed E-state index contributed by atoms with van der Waals surface area (Å²) in [5.74, 6) is -0.371. The van der Waals surface area contributed by atoms with Gasteiger partial charge in [-0.05, 0) is 12.8 Å². The van der Waals surface area contributed by atoms with Crippen molar-refractivity contribution < 1.29 is 14.8 Å². The van der Waals surface area contributed by atoms with Crippen molar-refractivity contribution in [3.05, 3.63) is 36.4 Å². The molecule has 0 fully saturated rings. The van der Waals surface area contributed by atoms with Crippen LogP contribution in [0.5, 0.6) is 0 Å². The average molecular weight is 281 g/mol. The minimum absolute atomic E-state index is 0.196. The standard InChI is InChI=1S/C8H17N3O3.C6H6/c1-9-8(13)10-6-4-2-3-5-7(12)11-14;1-2-4-6-5-3-1/h14H,2-6H2,1H3,(H,11,12)(H2,9,10,13);1-6H. The molecule has 0 saturated heterocycles. The molecule has 4 N–H and O–H groups in total. The van der Waals surface area contributed by atoms with E-state index >= 15 is 0 Å². The molecular weight excluding hydrogens is 258 g/mol. The molecule has 0 heterocycles. The van der Waals surface area contributed by atoms with Crippen molar-refractivity contribution in [2.45, 2.75) is 25.7 Å². The fourth-order valence-corrected chi connectivity index (χ4v) is 1.32. The van der Waals surface area contributed by atoms with Crippen LogP contribution in [-0.2, 0) is 4.79 Å². The summed E-state index contributed by atoms with van der Waals surface area (Å²) in [5.41, 5.74) is 1.56. The SMILES string of the molecule is CNC(=O)NCCCCCC(=O)NO.c1ccccc1. The minimum atomic E-state index is -0.371. The Bertz CT molecular complexity index is 311. The van der Waals surface area contributed by atoms with Crippen LogP contribution in [0.15, 0.2) is 36.4 Å². The molecule has 112 valence electrons. The Morgan fingerprint density at radius 1 is 0.950 bits per heavy atom. The molecule has 0 spiro atoms. The van der Waals surface area contributed by atoms with Gasteiger partial charge in [-0.15, -0.1) is 0 Å². The van der Waals surface area contributed by atoms with Crippen LogP contribution in [-0.4, -0.2) is 30.7 Å². The van der Waals surface area contributed by atoms with E-state index in [2.05, 4.69) is 10.6 Å². The molecule has 0 aliphatic carbocycles. The Labute approximate surface area is 119 Å². The van der Waals surface area contributed by atoms with Gasteiger partial charge in [-0.3, -0.25) is 10.0 Å². The normalized spacial score (nSPS) is 8.90. The molecule has 0 saturated carbocycles. The second-order valence-electron chi connectivity index (χ2n) is 4.01. The van der Waals surface area contributed by atoms with Gasteiger partial charge in [-0.25, -0.2) is 10.3 Å². The smallest absolute Gasteiger partial charge is 0.314 e. The Hall–Kier alpha value is -2.08. The predicted molar refractivity (Wildman–Crippen MR) is 77.3 cm³/mol. The summed E-state index contributed by atoms with van der Waals surface area (Å²) in [6, 6.07) is 11.8. The topological polar surface area (TPSA) is 90.5 Å². The molecule has 1 aromatic carbocycles. The molecule has 0 radical (unpaired) electrons. The van der Waals surface area contributed by atoms with Crippen LogP contribution in [0.4, 0.5) is 4.79 Å². The second-order valence-corrected chi connectivity index (χ2v) is 4.01. The molecule has 0 atom stereocenters. The van der Waals surface area contributed by atoms with Crippen LogP contribution in [0.25, 0.3) is 0 Å². The number of hydrogen-bond acceptors (Lipinski definition) is 3. The first-order valence-corrected chi connectivity index (χ1v) is 6.59. The summed E-state index contributed by atoms with van der Waals surface area (Å²) >= 11 is 0.